The number of carbonyl (C=O) groups is 2. The van der Waals surface area contributed by atoms with Gasteiger partial charge in [0.25, 0.3) is 0 Å². The third-order valence-electron chi connectivity index (χ3n) is 2.17. The monoisotopic (exact) mass is 213 g/mol. The second-order valence-electron chi connectivity index (χ2n) is 4.51. The summed E-state index contributed by atoms with van der Waals surface area (Å²) in [4.78, 5) is 21.5. The number of rotatable bonds is 4. The lowest BCUT2D eigenvalue weighted by atomic mass is 9.87. The first-order valence-electron chi connectivity index (χ1n) is 4.92. The first kappa shape index (κ1) is 13.7. The molecule has 1 amide bonds. The summed E-state index contributed by atoms with van der Waals surface area (Å²) in [5.41, 5.74) is 0.930. The highest BCUT2D eigenvalue weighted by Gasteiger charge is 2.13. The molecular formula is C11H19NO3. The van der Waals surface area contributed by atoms with E-state index in [1.165, 1.54) is 6.08 Å². The van der Waals surface area contributed by atoms with Gasteiger partial charge in [-0.1, -0.05) is 26.3 Å². The number of hydrogen-bond acceptors (Lipinski definition) is 2. The topological polar surface area (TPSA) is 66.4 Å². The maximum Gasteiger partial charge on any atom is 0.305 e. The SMILES string of the molecule is C/C(=C/C(=O)NCCC(=O)O)C(C)(C)C. The molecule has 0 heterocycles. The van der Waals surface area contributed by atoms with E-state index in [4.69, 9.17) is 5.11 Å². The fraction of sp³-hybridized carbons (Fsp3) is 0.636. The molecule has 0 aromatic rings. The third-order valence-corrected chi connectivity index (χ3v) is 2.17. The Morgan fingerprint density at radius 3 is 2.27 bits per heavy atom. The van der Waals surface area contributed by atoms with Crippen LogP contribution in [0.1, 0.15) is 34.1 Å². The van der Waals surface area contributed by atoms with Crippen molar-refractivity contribution in [1.29, 1.82) is 0 Å². The van der Waals surface area contributed by atoms with E-state index in [1.54, 1.807) is 0 Å². The molecule has 0 saturated heterocycles. The number of carboxylic acids is 1. The largest absolute Gasteiger partial charge is 0.481 e. The number of aliphatic carboxylic acids is 1. The number of carbonyl (C=O) groups excluding carboxylic acids is 1. The minimum Gasteiger partial charge on any atom is -0.481 e. The van der Waals surface area contributed by atoms with E-state index in [-0.39, 0.29) is 24.3 Å². The fourth-order valence-electron chi connectivity index (χ4n) is 0.757. The molecular weight excluding hydrogens is 194 g/mol. The van der Waals surface area contributed by atoms with Crippen LogP contribution >= 0.6 is 0 Å². The van der Waals surface area contributed by atoms with Gasteiger partial charge < -0.3 is 10.4 Å². The molecule has 0 aliphatic carbocycles. The van der Waals surface area contributed by atoms with E-state index >= 15 is 0 Å². The Kier molecular flexibility index (Phi) is 5.05. The minimum absolute atomic E-state index is 0.0376. The van der Waals surface area contributed by atoms with Crippen molar-refractivity contribution in [2.24, 2.45) is 5.41 Å². The first-order valence-corrected chi connectivity index (χ1v) is 4.92. The van der Waals surface area contributed by atoms with E-state index in [0.717, 1.165) is 5.57 Å². The number of amides is 1. The molecule has 2 N–H and O–H groups in total. The Morgan fingerprint density at radius 1 is 1.33 bits per heavy atom. The van der Waals surface area contributed by atoms with Crippen molar-refractivity contribution in [3.63, 3.8) is 0 Å². The highest BCUT2D eigenvalue weighted by molar-refractivity contribution is 5.88. The molecule has 0 saturated carbocycles. The van der Waals surface area contributed by atoms with E-state index in [1.807, 2.05) is 27.7 Å². The maximum atomic E-state index is 11.3. The normalized spacial score (nSPS) is 12.4. The molecule has 0 unspecified atom stereocenters. The Hall–Kier alpha value is -1.32. The Bertz CT molecular complexity index is 274. The molecule has 0 bridgehead atoms. The number of hydrogen-bond donors (Lipinski definition) is 2. The van der Waals surface area contributed by atoms with Crippen molar-refractivity contribution < 1.29 is 14.7 Å². The number of carboxylic acid groups (broad SMARTS) is 1. The molecule has 86 valence electrons. The summed E-state index contributed by atoms with van der Waals surface area (Å²) in [5.74, 6) is -1.14. The zero-order valence-electron chi connectivity index (χ0n) is 9.76. The summed E-state index contributed by atoms with van der Waals surface area (Å²) in [7, 11) is 0. The molecule has 0 rings (SSSR count). The summed E-state index contributed by atoms with van der Waals surface area (Å²) in [6.07, 6.45) is 1.47. The Labute approximate surface area is 90.4 Å². The molecule has 15 heavy (non-hydrogen) atoms. The molecule has 4 heteroatoms. The number of allylic oxidation sites excluding steroid dienone is 1. The first-order chi connectivity index (χ1) is 6.73. The summed E-state index contributed by atoms with van der Waals surface area (Å²) in [6.45, 7) is 8.11. The summed E-state index contributed by atoms with van der Waals surface area (Å²) in [6, 6.07) is 0. The predicted octanol–water partition coefficient (Wildman–Crippen LogP) is 1.57. The minimum atomic E-state index is -0.910. The second-order valence-corrected chi connectivity index (χ2v) is 4.51. The van der Waals surface area contributed by atoms with Crippen LogP contribution in [0, 0.1) is 5.41 Å². The lowest BCUT2D eigenvalue weighted by molar-refractivity contribution is -0.136. The van der Waals surface area contributed by atoms with E-state index < -0.39 is 5.97 Å². The van der Waals surface area contributed by atoms with Crippen molar-refractivity contribution >= 4 is 11.9 Å². The van der Waals surface area contributed by atoms with Gasteiger partial charge in [0.1, 0.15) is 0 Å². The molecule has 0 aromatic heterocycles. The summed E-state index contributed by atoms with van der Waals surface area (Å²) in [5, 5.41) is 10.9. The van der Waals surface area contributed by atoms with Gasteiger partial charge in [-0.05, 0) is 12.3 Å². The zero-order valence-corrected chi connectivity index (χ0v) is 9.76. The van der Waals surface area contributed by atoms with Crippen molar-refractivity contribution in [3.05, 3.63) is 11.6 Å². The van der Waals surface area contributed by atoms with Crippen LogP contribution in [0.4, 0.5) is 0 Å². The van der Waals surface area contributed by atoms with Gasteiger partial charge in [-0.25, -0.2) is 0 Å². The quantitative estimate of drug-likeness (QED) is 0.696. The van der Waals surface area contributed by atoms with Crippen molar-refractivity contribution in [3.8, 4) is 0 Å². The second kappa shape index (κ2) is 5.53. The van der Waals surface area contributed by atoms with Gasteiger partial charge >= 0.3 is 5.97 Å². The Balaban J connectivity index is 4.08. The van der Waals surface area contributed by atoms with Gasteiger partial charge in [0.15, 0.2) is 0 Å². The average molecular weight is 213 g/mol. The predicted molar refractivity (Wildman–Crippen MR) is 58.5 cm³/mol. The number of nitrogens with one attached hydrogen (secondary N) is 1. The van der Waals surface area contributed by atoms with Gasteiger partial charge in [-0.3, -0.25) is 9.59 Å². The van der Waals surface area contributed by atoms with Crippen LogP contribution in [0.25, 0.3) is 0 Å². The van der Waals surface area contributed by atoms with Gasteiger partial charge in [0, 0.05) is 12.6 Å². The van der Waals surface area contributed by atoms with E-state index in [9.17, 15) is 9.59 Å². The molecule has 0 aliphatic heterocycles. The van der Waals surface area contributed by atoms with Crippen LogP contribution in [0.15, 0.2) is 11.6 Å². The molecule has 0 radical (unpaired) electrons. The lowest BCUT2D eigenvalue weighted by Crippen LogP contribution is -2.25. The molecule has 0 fully saturated rings. The average Bonchev–Trinajstić information content (AvgIpc) is 2.01. The van der Waals surface area contributed by atoms with Crippen molar-refractivity contribution in [2.75, 3.05) is 6.54 Å². The van der Waals surface area contributed by atoms with Crippen LogP contribution < -0.4 is 5.32 Å². The molecule has 0 aliphatic rings. The highest BCUT2D eigenvalue weighted by Crippen LogP contribution is 2.23. The highest BCUT2D eigenvalue weighted by atomic mass is 16.4. The van der Waals surface area contributed by atoms with Crippen LogP contribution in [0.5, 0.6) is 0 Å². The van der Waals surface area contributed by atoms with Crippen LogP contribution in [0.2, 0.25) is 0 Å². The molecule has 0 spiro atoms. The standard InChI is InChI=1S/C11H19NO3/c1-8(11(2,3)4)7-9(13)12-6-5-10(14)15/h7H,5-6H2,1-4H3,(H,12,13)(H,14,15)/b8-7-. The molecule has 0 aromatic carbocycles. The fourth-order valence-corrected chi connectivity index (χ4v) is 0.757. The third kappa shape index (κ3) is 6.71. The lowest BCUT2D eigenvalue weighted by Gasteiger charge is -2.19. The van der Waals surface area contributed by atoms with Crippen LogP contribution in [0.3, 0.4) is 0 Å². The van der Waals surface area contributed by atoms with E-state index in [2.05, 4.69) is 5.32 Å². The van der Waals surface area contributed by atoms with Gasteiger partial charge in [-0.2, -0.15) is 0 Å². The smallest absolute Gasteiger partial charge is 0.305 e. The Morgan fingerprint density at radius 2 is 1.87 bits per heavy atom. The van der Waals surface area contributed by atoms with Crippen molar-refractivity contribution in [1.82, 2.24) is 5.32 Å². The van der Waals surface area contributed by atoms with Gasteiger partial charge in [0.2, 0.25) is 5.91 Å². The van der Waals surface area contributed by atoms with Crippen LogP contribution in [-0.4, -0.2) is 23.5 Å². The van der Waals surface area contributed by atoms with E-state index in [0.29, 0.717) is 0 Å². The molecule has 0 atom stereocenters. The van der Waals surface area contributed by atoms with Crippen LogP contribution in [-0.2, 0) is 9.59 Å². The van der Waals surface area contributed by atoms with Crippen molar-refractivity contribution in [2.45, 2.75) is 34.1 Å². The summed E-state index contributed by atoms with van der Waals surface area (Å²) < 4.78 is 0. The van der Waals surface area contributed by atoms with Gasteiger partial charge in [0.05, 0.1) is 6.42 Å². The summed E-state index contributed by atoms with van der Waals surface area (Å²) >= 11 is 0. The zero-order chi connectivity index (χ0) is 12.1. The molecule has 4 nitrogen and oxygen atoms in total. The maximum absolute atomic E-state index is 11.3. The van der Waals surface area contributed by atoms with Gasteiger partial charge in [-0.15, -0.1) is 0 Å².